The Labute approximate surface area is 286 Å². The number of nitrogens with zero attached hydrogens (tertiary/aromatic N) is 3. The van der Waals surface area contributed by atoms with E-state index in [2.05, 4.69) is 167 Å². The lowest BCUT2D eigenvalue weighted by Gasteiger charge is -2.32. The highest BCUT2D eigenvalue weighted by molar-refractivity contribution is 7.00. The van der Waals surface area contributed by atoms with Crippen LogP contribution in [0.4, 0.5) is 0 Å². The number of imidazole rings is 1. The van der Waals surface area contributed by atoms with Crippen LogP contribution in [0.1, 0.15) is 0 Å². The van der Waals surface area contributed by atoms with Gasteiger partial charge in [0.15, 0.2) is 0 Å². The molecule has 12 rings (SSSR count). The van der Waals surface area contributed by atoms with E-state index in [0.29, 0.717) is 0 Å². The van der Waals surface area contributed by atoms with Gasteiger partial charge in [-0.2, -0.15) is 0 Å². The molecule has 50 heavy (non-hydrogen) atoms. The molecule has 1 aliphatic heterocycles. The summed E-state index contributed by atoms with van der Waals surface area (Å²) in [5.74, 6) is 0.912. The first-order chi connectivity index (χ1) is 24.8. The van der Waals surface area contributed by atoms with E-state index in [1.165, 1.54) is 54.6 Å². The third kappa shape index (κ3) is 3.29. The van der Waals surface area contributed by atoms with Crippen molar-refractivity contribution in [2.24, 2.45) is 0 Å². The molecule has 0 saturated carbocycles. The molecule has 11 aromatic rings. The van der Waals surface area contributed by atoms with Gasteiger partial charge < -0.3 is 4.42 Å². The molecule has 230 valence electrons. The second-order valence-corrected chi connectivity index (χ2v) is 13.5. The quantitative estimate of drug-likeness (QED) is 0.178. The van der Waals surface area contributed by atoms with Crippen molar-refractivity contribution < 1.29 is 4.42 Å². The zero-order valence-electron chi connectivity index (χ0n) is 26.8. The predicted octanol–water partition coefficient (Wildman–Crippen LogP) is 9.13. The van der Waals surface area contributed by atoms with Crippen molar-refractivity contribution in [2.45, 2.75) is 0 Å². The number of benzene rings is 8. The van der Waals surface area contributed by atoms with Crippen molar-refractivity contribution >= 4 is 94.4 Å². The van der Waals surface area contributed by atoms with Crippen molar-refractivity contribution in [3.05, 3.63) is 158 Å². The molecule has 8 aromatic carbocycles. The zero-order chi connectivity index (χ0) is 32.5. The number of aromatic nitrogens is 3. The maximum atomic E-state index is 6.79. The summed E-state index contributed by atoms with van der Waals surface area (Å²) in [6, 6.07) is 57.0. The molecular weight excluding hydrogens is 609 g/mol. The van der Waals surface area contributed by atoms with Crippen LogP contribution in [0.3, 0.4) is 0 Å². The topological polar surface area (TPSA) is 35.4 Å². The molecule has 3 aromatic heterocycles. The van der Waals surface area contributed by atoms with Crippen LogP contribution in [0.2, 0.25) is 0 Å². The average Bonchev–Trinajstić information content (AvgIpc) is 3.76. The van der Waals surface area contributed by atoms with E-state index in [4.69, 9.17) is 9.40 Å². The first-order valence-electron chi connectivity index (χ1n) is 17.2. The molecule has 0 spiro atoms. The fourth-order valence-electron chi connectivity index (χ4n) is 8.95. The van der Waals surface area contributed by atoms with E-state index in [1.54, 1.807) is 0 Å². The first kappa shape index (κ1) is 26.4. The van der Waals surface area contributed by atoms with Gasteiger partial charge in [0, 0.05) is 21.8 Å². The lowest BCUT2D eigenvalue weighted by Crippen LogP contribution is -2.56. The molecule has 0 bridgehead atoms. The highest BCUT2D eigenvalue weighted by atomic mass is 16.3. The van der Waals surface area contributed by atoms with Gasteiger partial charge in [0.2, 0.25) is 5.78 Å². The van der Waals surface area contributed by atoms with Gasteiger partial charge in [-0.15, -0.1) is 0 Å². The minimum absolute atomic E-state index is 0.0939. The summed E-state index contributed by atoms with van der Waals surface area (Å²) in [7, 11) is 0. The Balaban J connectivity index is 1.35. The number of furan rings is 1. The van der Waals surface area contributed by atoms with E-state index >= 15 is 0 Å². The monoisotopic (exact) mass is 635 g/mol. The standard InChI is InChI=1S/C45H26BN3O/c1-2-12-27(13-3-1)33-26-39-42(31-17-5-4-15-29(31)33)46(35-19-11-18-32-30-16-6-9-23-40(30)50-44(32)35)34-25-24-28-14-10-22-38-41(28)43(34)49(39)45-47-36-20-7-8-21-37(36)48(38)45/h1-26H. The third-order valence-corrected chi connectivity index (χ3v) is 11.0. The summed E-state index contributed by atoms with van der Waals surface area (Å²) in [6.45, 7) is -0.0939. The van der Waals surface area contributed by atoms with Crippen LogP contribution in [0.25, 0.3) is 88.1 Å². The summed E-state index contributed by atoms with van der Waals surface area (Å²) in [5.41, 5.74) is 13.5. The van der Waals surface area contributed by atoms with Crippen molar-refractivity contribution in [3.63, 3.8) is 0 Å². The van der Waals surface area contributed by atoms with Gasteiger partial charge in [0.05, 0.1) is 22.1 Å². The van der Waals surface area contributed by atoms with E-state index < -0.39 is 0 Å². The maximum absolute atomic E-state index is 6.79. The Bertz CT molecular complexity index is 3220. The summed E-state index contributed by atoms with van der Waals surface area (Å²) < 4.78 is 11.6. The van der Waals surface area contributed by atoms with Crippen LogP contribution in [-0.4, -0.2) is 20.7 Å². The summed E-state index contributed by atoms with van der Waals surface area (Å²) >= 11 is 0. The molecule has 0 atom stereocenters. The molecule has 4 nitrogen and oxygen atoms in total. The van der Waals surface area contributed by atoms with E-state index in [9.17, 15) is 0 Å². The van der Waals surface area contributed by atoms with Crippen LogP contribution in [0.5, 0.6) is 0 Å². The molecule has 0 amide bonds. The molecule has 0 radical (unpaired) electrons. The average molecular weight is 636 g/mol. The normalized spacial score (nSPS) is 12.8. The highest BCUT2D eigenvalue weighted by Gasteiger charge is 2.38. The molecule has 1 aliphatic rings. The van der Waals surface area contributed by atoms with Crippen molar-refractivity contribution in [1.82, 2.24) is 14.0 Å². The van der Waals surface area contributed by atoms with Gasteiger partial charge in [-0.25, -0.2) is 4.98 Å². The van der Waals surface area contributed by atoms with Crippen LogP contribution in [-0.2, 0) is 0 Å². The molecule has 0 fully saturated rings. The smallest absolute Gasteiger partial charge is 0.252 e. The van der Waals surface area contributed by atoms with Crippen molar-refractivity contribution in [3.8, 4) is 16.8 Å². The Morgan fingerprint density at radius 3 is 2.22 bits per heavy atom. The number of rotatable bonds is 2. The van der Waals surface area contributed by atoms with E-state index in [1.807, 2.05) is 0 Å². The Hall–Kier alpha value is -6.59. The highest BCUT2D eigenvalue weighted by Crippen LogP contribution is 2.39. The lowest BCUT2D eigenvalue weighted by atomic mass is 9.34. The first-order valence-corrected chi connectivity index (χ1v) is 17.2. The van der Waals surface area contributed by atoms with Gasteiger partial charge in [0.25, 0.3) is 6.71 Å². The Morgan fingerprint density at radius 2 is 1.30 bits per heavy atom. The largest absolute Gasteiger partial charge is 0.457 e. The minimum Gasteiger partial charge on any atom is -0.457 e. The molecule has 4 heterocycles. The minimum atomic E-state index is -0.0939. The van der Waals surface area contributed by atoms with Crippen LogP contribution in [0, 0.1) is 0 Å². The Kier molecular flexibility index (Phi) is 5.02. The lowest BCUT2D eigenvalue weighted by molar-refractivity contribution is 0.671. The van der Waals surface area contributed by atoms with Crippen molar-refractivity contribution in [1.29, 1.82) is 0 Å². The van der Waals surface area contributed by atoms with Crippen LogP contribution < -0.4 is 16.4 Å². The molecule has 0 unspecified atom stereocenters. The van der Waals surface area contributed by atoms with Gasteiger partial charge in [-0.1, -0.05) is 127 Å². The van der Waals surface area contributed by atoms with Crippen LogP contribution >= 0.6 is 0 Å². The SMILES string of the molecule is c1ccc(-c2cc3c(c4ccccc24)B(c2cccc4c2oc2ccccc24)c2ccc4cccc5c4c2n-3c2nc3ccccc3n52)cc1. The van der Waals surface area contributed by atoms with E-state index in [0.717, 1.165) is 50.0 Å². The fraction of sp³-hybridized carbons (Fsp3) is 0. The number of para-hydroxylation sites is 4. The summed E-state index contributed by atoms with van der Waals surface area (Å²) in [4.78, 5) is 5.39. The van der Waals surface area contributed by atoms with Gasteiger partial charge in [-0.3, -0.25) is 8.97 Å². The molecule has 5 heteroatoms. The van der Waals surface area contributed by atoms with Gasteiger partial charge in [-0.05, 0) is 74.0 Å². The maximum Gasteiger partial charge on any atom is 0.252 e. The molecule has 0 saturated heterocycles. The molecule has 0 aliphatic carbocycles. The van der Waals surface area contributed by atoms with E-state index in [-0.39, 0.29) is 6.71 Å². The molecular formula is C45H26BN3O. The van der Waals surface area contributed by atoms with Gasteiger partial charge in [0.1, 0.15) is 11.2 Å². The van der Waals surface area contributed by atoms with Gasteiger partial charge >= 0.3 is 0 Å². The Morgan fingerprint density at radius 1 is 0.560 bits per heavy atom. The predicted molar refractivity (Wildman–Crippen MR) is 208 cm³/mol. The second-order valence-electron chi connectivity index (χ2n) is 13.5. The summed E-state index contributed by atoms with van der Waals surface area (Å²) in [5, 5.41) is 7.20. The third-order valence-electron chi connectivity index (χ3n) is 11.0. The molecule has 0 N–H and O–H groups in total. The second kappa shape index (κ2) is 9.52. The number of fused-ring (bicyclic) bond motifs is 12. The zero-order valence-corrected chi connectivity index (χ0v) is 26.8. The van der Waals surface area contributed by atoms with Crippen molar-refractivity contribution in [2.75, 3.05) is 0 Å². The summed E-state index contributed by atoms with van der Waals surface area (Å²) in [6.07, 6.45) is 0. The number of hydrogen-bond acceptors (Lipinski definition) is 2. The fourth-order valence-corrected chi connectivity index (χ4v) is 8.95. The number of hydrogen-bond donors (Lipinski definition) is 0. The van der Waals surface area contributed by atoms with Crippen LogP contribution in [0.15, 0.2) is 162 Å².